The molecule has 0 bridgehead atoms. The summed E-state index contributed by atoms with van der Waals surface area (Å²) in [6, 6.07) is 5.81. The van der Waals surface area contributed by atoms with Gasteiger partial charge in [0.1, 0.15) is 11.6 Å². The fraction of sp³-hybridized carbons (Fsp3) is 0.278. The Bertz CT molecular complexity index is 897. The first kappa shape index (κ1) is 15.8. The predicted molar refractivity (Wildman–Crippen MR) is 86.4 cm³/mol. The molecule has 1 aliphatic rings. The van der Waals surface area contributed by atoms with Gasteiger partial charge < -0.3 is 4.52 Å². The molecule has 0 fully saturated rings. The summed E-state index contributed by atoms with van der Waals surface area (Å²) in [6.07, 6.45) is 3.79. The maximum absolute atomic E-state index is 14.1. The lowest BCUT2D eigenvalue weighted by Crippen LogP contribution is -2.34. The van der Waals surface area contributed by atoms with Crippen molar-refractivity contribution in [2.75, 3.05) is 6.54 Å². The molecule has 2 aromatic heterocycles. The molecule has 0 aliphatic carbocycles. The van der Waals surface area contributed by atoms with E-state index < -0.39 is 0 Å². The number of benzene rings is 1. The van der Waals surface area contributed by atoms with E-state index in [-0.39, 0.29) is 17.7 Å². The number of halogens is 2. The van der Waals surface area contributed by atoms with Crippen molar-refractivity contribution in [2.45, 2.75) is 25.9 Å². The Labute approximate surface area is 143 Å². The highest BCUT2D eigenvalue weighted by atomic mass is 19.1. The van der Waals surface area contributed by atoms with E-state index in [1.165, 1.54) is 12.1 Å². The summed E-state index contributed by atoms with van der Waals surface area (Å²) in [6.45, 7) is 2.83. The summed E-state index contributed by atoms with van der Waals surface area (Å²) in [5, 5.41) is 3.99. The molecular weight excluding hydrogens is 326 g/mol. The molecule has 1 aromatic carbocycles. The second-order valence-electron chi connectivity index (χ2n) is 6.08. The molecular formula is C18H16F2N4O. The molecule has 1 unspecified atom stereocenters. The van der Waals surface area contributed by atoms with Crippen LogP contribution in [0.25, 0.3) is 11.4 Å². The number of nitrogens with zero attached hydrogens (tertiary/aromatic N) is 4. The third kappa shape index (κ3) is 2.91. The largest absolute Gasteiger partial charge is 0.337 e. The van der Waals surface area contributed by atoms with Crippen molar-refractivity contribution in [2.24, 2.45) is 0 Å². The van der Waals surface area contributed by atoms with Gasteiger partial charge in [-0.2, -0.15) is 4.98 Å². The summed E-state index contributed by atoms with van der Waals surface area (Å²) < 4.78 is 33.3. The van der Waals surface area contributed by atoms with E-state index in [0.717, 1.165) is 5.56 Å². The molecule has 0 amide bonds. The molecule has 25 heavy (non-hydrogen) atoms. The maximum Gasteiger partial charge on any atom is 0.244 e. The monoisotopic (exact) mass is 342 g/mol. The first-order valence-corrected chi connectivity index (χ1v) is 8.07. The molecule has 0 N–H and O–H groups in total. The highest BCUT2D eigenvalue weighted by molar-refractivity contribution is 5.51. The average Bonchev–Trinajstić information content (AvgIpc) is 3.15. The fourth-order valence-electron chi connectivity index (χ4n) is 3.12. The van der Waals surface area contributed by atoms with Crippen molar-refractivity contribution in [1.82, 2.24) is 20.0 Å². The molecule has 0 spiro atoms. The van der Waals surface area contributed by atoms with Gasteiger partial charge in [-0.1, -0.05) is 5.16 Å². The lowest BCUT2D eigenvalue weighted by atomic mass is 9.97. The van der Waals surface area contributed by atoms with E-state index in [1.807, 2.05) is 17.9 Å². The first-order chi connectivity index (χ1) is 12.1. The van der Waals surface area contributed by atoms with Crippen molar-refractivity contribution in [3.63, 3.8) is 0 Å². The second kappa shape index (κ2) is 6.33. The van der Waals surface area contributed by atoms with Crippen LogP contribution in [0.4, 0.5) is 8.78 Å². The standard InChI is InChI=1S/C18H16F2N4O/c1-11(18-22-17(23-25-18)12-3-2-7-21-9-12)24-8-6-13-14(10-24)16(20)5-4-15(13)19/h2-5,7,9,11H,6,8,10H2,1H3. The van der Waals surface area contributed by atoms with Crippen LogP contribution in [0.15, 0.2) is 41.2 Å². The van der Waals surface area contributed by atoms with Gasteiger partial charge in [-0.15, -0.1) is 0 Å². The normalized spacial score (nSPS) is 15.8. The van der Waals surface area contributed by atoms with Crippen molar-refractivity contribution < 1.29 is 13.3 Å². The number of pyridine rings is 1. The van der Waals surface area contributed by atoms with Gasteiger partial charge in [-0.25, -0.2) is 8.78 Å². The minimum absolute atomic E-state index is 0.200. The zero-order valence-corrected chi connectivity index (χ0v) is 13.6. The highest BCUT2D eigenvalue weighted by Crippen LogP contribution is 2.30. The van der Waals surface area contributed by atoms with Crippen LogP contribution in [0.1, 0.15) is 30.0 Å². The van der Waals surface area contributed by atoms with Crippen molar-refractivity contribution in [3.05, 3.63) is 65.3 Å². The van der Waals surface area contributed by atoms with Gasteiger partial charge >= 0.3 is 0 Å². The Morgan fingerprint density at radius 2 is 1.96 bits per heavy atom. The summed E-state index contributed by atoms with van der Waals surface area (Å²) in [4.78, 5) is 10.5. The Hall–Kier alpha value is -2.67. The smallest absolute Gasteiger partial charge is 0.244 e. The van der Waals surface area contributed by atoms with E-state index in [9.17, 15) is 8.78 Å². The lowest BCUT2D eigenvalue weighted by molar-refractivity contribution is 0.154. The molecule has 3 heterocycles. The zero-order valence-electron chi connectivity index (χ0n) is 13.6. The number of fused-ring (bicyclic) bond motifs is 1. The Morgan fingerprint density at radius 1 is 1.16 bits per heavy atom. The molecule has 0 radical (unpaired) electrons. The number of rotatable bonds is 3. The zero-order chi connectivity index (χ0) is 17.4. The van der Waals surface area contributed by atoms with Crippen LogP contribution < -0.4 is 0 Å². The van der Waals surface area contributed by atoms with Crippen LogP contribution >= 0.6 is 0 Å². The first-order valence-electron chi connectivity index (χ1n) is 8.07. The number of hydrogen-bond donors (Lipinski definition) is 0. The summed E-state index contributed by atoms with van der Waals surface area (Å²) >= 11 is 0. The van der Waals surface area contributed by atoms with Crippen molar-refractivity contribution in [3.8, 4) is 11.4 Å². The van der Waals surface area contributed by atoms with Gasteiger partial charge in [0.05, 0.1) is 6.04 Å². The average molecular weight is 342 g/mol. The summed E-state index contributed by atoms with van der Waals surface area (Å²) in [5.74, 6) is 0.180. The third-order valence-corrected chi connectivity index (χ3v) is 4.59. The van der Waals surface area contributed by atoms with Gasteiger partial charge in [-0.05, 0) is 43.2 Å². The Morgan fingerprint density at radius 3 is 2.72 bits per heavy atom. The lowest BCUT2D eigenvalue weighted by Gasteiger charge is -2.32. The van der Waals surface area contributed by atoms with Crippen molar-refractivity contribution >= 4 is 0 Å². The van der Waals surface area contributed by atoms with Crippen LogP contribution in [-0.2, 0) is 13.0 Å². The number of hydrogen-bond acceptors (Lipinski definition) is 5. The van der Waals surface area contributed by atoms with E-state index in [4.69, 9.17) is 4.52 Å². The van der Waals surface area contributed by atoms with Gasteiger partial charge in [0.2, 0.25) is 11.7 Å². The molecule has 7 heteroatoms. The van der Waals surface area contributed by atoms with Crippen LogP contribution in [0.2, 0.25) is 0 Å². The van der Waals surface area contributed by atoms with E-state index in [0.29, 0.717) is 42.4 Å². The Balaban J connectivity index is 1.57. The second-order valence-corrected chi connectivity index (χ2v) is 6.08. The fourth-order valence-corrected chi connectivity index (χ4v) is 3.12. The minimum Gasteiger partial charge on any atom is -0.337 e. The number of aromatic nitrogens is 3. The molecule has 1 atom stereocenters. The topological polar surface area (TPSA) is 55.1 Å². The van der Waals surface area contributed by atoms with E-state index in [1.54, 1.807) is 18.5 Å². The highest BCUT2D eigenvalue weighted by Gasteiger charge is 2.28. The Kier molecular flexibility index (Phi) is 4.01. The van der Waals surface area contributed by atoms with Crippen LogP contribution in [0, 0.1) is 11.6 Å². The summed E-state index contributed by atoms with van der Waals surface area (Å²) in [7, 11) is 0. The maximum atomic E-state index is 14.1. The molecule has 0 saturated heterocycles. The molecule has 1 aliphatic heterocycles. The van der Waals surface area contributed by atoms with Crippen LogP contribution in [-0.4, -0.2) is 26.6 Å². The minimum atomic E-state index is -0.380. The van der Waals surface area contributed by atoms with Crippen LogP contribution in [0.5, 0.6) is 0 Å². The quantitative estimate of drug-likeness (QED) is 0.729. The molecule has 128 valence electrons. The molecule has 4 rings (SSSR count). The molecule has 3 aromatic rings. The predicted octanol–water partition coefficient (Wildman–Crippen LogP) is 3.53. The molecule has 0 saturated carbocycles. The molecule has 5 nitrogen and oxygen atoms in total. The van der Waals surface area contributed by atoms with E-state index >= 15 is 0 Å². The van der Waals surface area contributed by atoms with E-state index in [2.05, 4.69) is 15.1 Å². The van der Waals surface area contributed by atoms with Crippen LogP contribution in [0.3, 0.4) is 0 Å². The van der Waals surface area contributed by atoms with Crippen molar-refractivity contribution in [1.29, 1.82) is 0 Å². The van der Waals surface area contributed by atoms with Gasteiger partial charge in [-0.3, -0.25) is 9.88 Å². The third-order valence-electron chi connectivity index (χ3n) is 4.59. The SMILES string of the molecule is CC(c1nc(-c2cccnc2)no1)N1CCc2c(F)ccc(F)c2C1. The summed E-state index contributed by atoms with van der Waals surface area (Å²) in [5.41, 5.74) is 1.64. The van der Waals surface area contributed by atoms with Gasteiger partial charge in [0, 0.05) is 36.6 Å². The van der Waals surface area contributed by atoms with Gasteiger partial charge in [0.25, 0.3) is 0 Å². The van der Waals surface area contributed by atoms with Gasteiger partial charge in [0.15, 0.2) is 0 Å².